The second kappa shape index (κ2) is 7.84. The Morgan fingerprint density at radius 1 is 1.05 bits per heavy atom. The maximum absolute atomic E-state index is 13.4. The largest absolute Gasteiger partial charge is 0.314 e. The Bertz CT molecular complexity index is 454. The quantitative estimate of drug-likeness (QED) is 0.448. The summed E-state index contributed by atoms with van der Waals surface area (Å²) >= 11 is 0. The molecule has 1 aromatic rings. The molecule has 0 aromatic heterocycles. The number of rotatable bonds is 7. The SMILES string of the molecule is CCCCCC/C=C/P(=O)(c1ccccc1)C(C)(C)C. The lowest BCUT2D eigenvalue weighted by Crippen LogP contribution is -2.21. The lowest BCUT2D eigenvalue weighted by atomic mass is 10.2. The van der Waals surface area contributed by atoms with E-state index in [9.17, 15) is 4.57 Å². The Balaban J connectivity index is 2.82. The van der Waals surface area contributed by atoms with Crippen LogP contribution in [-0.4, -0.2) is 5.16 Å². The number of unbranched alkanes of at least 4 members (excludes halogenated alkanes) is 4. The van der Waals surface area contributed by atoms with E-state index in [1.807, 2.05) is 36.1 Å². The highest BCUT2D eigenvalue weighted by atomic mass is 31.2. The highest BCUT2D eigenvalue weighted by molar-refractivity contribution is 7.75. The van der Waals surface area contributed by atoms with Crippen LogP contribution in [0.2, 0.25) is 0 Å². The highest BCUT2D eigenvalue weighted by Crippen LogP contribution is 2.57. The van der Waals surface area contributed by atoms with Gasteiger partial charge in [0, 0.05) is 10.5 Å². The summed E-state index contributed by atoms with van der Waals surface area (Å²) in [4.78, 5) is 0. The summed E-state index contributed by atoms with van der Waals surface area (Å²) < 4.78 is 13.4. The van der Waals surface area contributed by atoms with Gasteiger partial charge in [-0.05, 0) is 18.7 Å². The molecule has 0 aliphatic carbocycles. The minimum absolute atomic E-state index is 0.228. The van der Waals surface area contributed by atoms with Gasteiger partial charge in [0.05, 0.1) is 0 Å². The van der Waals surface area contributed by atoms with Crippen LogP contribution >= 0.6 is 7.14 Å². The summed E-state index contributed by atoms with van der Waals surface area (Å²) in [6.07, 6.45) is 8.19. The molecular formula is C18H29OP. The molecule has 1 unspecified atom stereocenters. The number of hydrogen-bond acceptors (Lipinski definition) is 1. The molecular weight excluding hydrogens is 263 g/mol. The third-order valence-electron chi connectivity index (χ3n) is 3.68. The van der Waals surface area contributed by atoms with Crippen LogP contribution in [0.3, 0.4) is 0 Å². The second-order valence-corrected chi connectivity index (χ2v) is 9.87. The first-order chi connectivity index (χ1) is 9.42. The molecule has 20 heavy (non-hydrogen) atoms. The smallest absolute Gasteiger partial charge is 0.141 e. The van der Waals surface area contributed by atoms with E-state index in [0.29, 0.717) is 0 Å². The molecule has 0 saturated heterocycles. The fourth-order valence-electron chi connectivity index (χ4n) is 2.26. The summed E-state index contributed by atoms with van der Waals surface area (Å²) in [5.74, 6) is 1.99. The van der Waals surface area contributed by atoms with E-state index >= 15 is 0 Å². The summed E-state index contributed by atoms with van der Waals surface area (Å²) in [6, 6.07) is 9.91. The van der Waals surface area contributed by atoms with Crippen LogP contribution in [0, 0.1) is 0 Å². The van der Waals surface area contributed by atoms with Crippen LogP contribution in [0.5, 0.6) is 0 Å². The van der Waals surface area contributed by atoms with Crippen LogP contribution in [0.25, 0.3) is 0 Å². The van der Waals surface area contributed by atoms with Crippen molar-refractivity contribution in [1.82, 2.24) is 0 Å². The zero-order valence-corrected chi connectivity index (χ0v) is 14.3. The fourth-order valence-corrected chi connectivity index (χ4v) is 4.71. The zero-order valence-electron chi connectivity index (χ0n) is 13.4. The minimum Gasteiger partial charge on any atom is -0.314 e. The molecule has 0 aliphatic heterocycles. The maximum atomic E-state index is 13.4. The summed E-state index contributed by atoms with van der Waals surface area (Å²) in [5.41, 5.74) is 0. The molecule has 0 fully saturated rings. The van der Waals surface area contributed by atoms with Crippen molar-refractivity contribution in [2.75, 3.05) is 0 Å². The Morgan fingerprint density at radius 2 is 1.70 bits per heavy atom. The van der Waals surface area contributed by atoms with Gasteiger partial charge in [-0.1, -0.05) is 83.4 Å². The first-order valence-corrected chi connectivity index (χ1v) is 9.52. The van der Waals surface area contributed by atoms with E-state index in [4.69, 9.17) is 0 Å². The third kappa shape index (κ3) is 4.63. The molecule has 0 heterocycles. The predicted octanol–water partition coefficient (Wildman–Crippen LogP) is 5.96. The number of benzene rings is 1. The van der Waals surface area contributed by atoms with Crippen LogP contribution in [-0.2, 0) is 4.57 Å². The van der Waals surface area contributed by atoms with Crippen molar-refractivity contribution >= 4 is 12.4 Å². The summed E-state index contributed by atoms with van der Waals surface area (Å²) in [5, 5.41) is 0.742. The zero-order chi connectivity index (χ0) is 15.1. The molecule has 0 saturated carbocycles. The lowest BCUT2D eigenvalue weighted by Gasteiger charge is -2.29. The van der Waals surface area contributed by atoms with Crippen LogP contribution in [0.1, 0.15) is 59.8 Å². The second-order valence-electron chi connectivity index (χ2n) is 6.40. The van der Waals surface area contributed by atoms with Gasteiger partial charge in [0.15, 0.2) is 0 Å². The van der Waals surface area contributed by atoms with Crippen LogP contribution < -0.4 is 5.30 Å². The topological polar surface area (TPSA) is 17.1 Å². The lowest BCUT2D eigenvalue weighted by molar-refractivity contribution is 0.563. The van der Waals surface area contributed by atoms with E-state index in [1.165, 1.54) is 25.7 Å². The van der Waals surface area contributed by atoms with Crippen molar-refractivity contribution in [3.05, 3.63) is 42.2 Å². The molecule has 1 nitrogen and oxygen atoms in total. The number of hydrogen-bond donors (Lipinski definition) is 0. The predicted molar refractivity (Wildman–Crippen MR) is 91.3 cm³/mol. The van der Waals surface area contributed by atoms with Crippen molar-refractivity contribution in [3.8, 4) is 0 Å². The van der Waals surface area contributed by atoms with E-state index in [1.54, 1.807) is 0 Å². The molecule has 112 valence electrons. The average Bonchev–Trinajstić information content (AvgIpc) is 2.42. The molecule has 0 amide bonds. The van der Waals surface area contributed by atoms with Crippen molar-refractivity contribution in [2.24, 2.45) is 0 Å². The molecule has 0 radical (unpaired) electrons. The van der Waals surface area contributed by atoms with Gasteiger partial charge in [-0.15, -0.1) is 0 Å². The van der Waals surface area contributed by atoms with E-state index in [0.717, 1.165) is 11.7 Å². The molecule has 0 bridgehead atoms. The first-order valence-electron chi connectivity index (χ1n) is 7.75. The van der Waals surface area contributed by atoms with Gasteiger partial charge in [0.2, 0.25) is 0 Å². The van der Waals surface area contributed by atoms with Gasteiger partial charge in [-0.25, -0.2) is 0 Å². The Kier molecular flexibility index (Phi) is 6.76. The normalized spacial score (nSPS) is 15.4. The molecule has 2 heteroatoms. The van der Waals surface area contributed by atoms with Crippen molar-refractivity contribution < 1.29 is 4.57 Å². The van der Waals surface area contributed by atoms with Crippen molar-refractivity contribution in [1.29, 1.82) is 0 Å². The van der Waals surface area contributed by atoms with Crippen LogP contribution in [0.15, 0.2) is 42.2 Å². The Labute approximate surface area is 124 Å². The van der Waals surface area contributed by atoms with Gasteiger partial charge in [0.1, 0.15) is 7.14 Å². The standard InChI is InChI=1S/C18H29OP/c1-5-6-7-8-9-13-16-20(19,18(2,3)4)17-14-11-10-12-15-17/h10-16H,5-9H2,1-4H3/b16-13+. The van der Waals surface area contributed by atoms with Gasteiger partial charge in [0.25, 0.3) is 0 Å². The minimum atomic E-state index is -2.49. The summed E-state index contributed by atoms with van der Waals surface area (Å²) in [6.45, 7) is 8.44. The van der Waals surface area contributed by atoms with E-state index in [2.05, 4.69) is 33.8 Å². The summed E-state index contributed by atoms with van der Waals surface area (Å²) in [7, 11) is -2.49. The first kappa shape index (κ1) is 17.2. The van der Waals surface area contributed by atoms with Gasteiger partial charge in [-0.2, -0.15) is 0 Å². The molecule has 1 rings (SSSR count). The molecule has 0 spiro atoms. The maximum Gasteiger partial charge on any atom is 0.141 e. The average molecular weight is 292 g/mol. The van der Waals surface area contributed by atoms with Gasteiger partial charge < -0.3 is 4.57 Å². The van der Waals surface area contributed by atoms with Crippen molar-refractivity contribution in [3.63, 3.8) is 0 Å². The highest BCUT2D eigenvalue weighted by Gasteiger charge is 2.35. The molecule has 1 aromatic carbocycles. The monoisotopic (exact) mass is 292 g/mol. The van der Waals surface area contributed by atoms with Gasteiger partial charge in [-0.3, -0.25) is 0 Å². The van der Waals surface area contributed by atoms with Gasteiger partial charge >= 0.3 is 0 Å². The van der Waals surface area contributed by atoms with Crippen molar-refractivity contribution in [2.45, 2.75) is 65.0 Å². The Morgan fingerprint density at radius 3 is 2.25 bits per heavy atom. The van der Waals surface area contributed by atoms with Crippen LogP contribution in [0.4, 0.5) is 0 Å². The third-order valence-corrected chi connectivity index (χ3v) is 7.37. The number of allylic oxidation sites excluding steroid dienone is 1. The molecule has 0 N–H and O–H groups in total. The fraction of sp³-hybridized carbons (Fsp3) is 0.556. The Hall–Kier alpha value is -0.810. The van der Waals surface area contributed by atoms with E-state index in [-0.39, 0.29) is 5.16 Å². The molecule has 0 aliphatic rings. The van der Waals surface area contributed by atoms with E-state index < -0.39 is 7.14 Å². The molecule has 1 atom stereocenters.